The van der Waals surface area contributed by atoms with Crippen LogP contribution in [-0.4, -0.2) is 11.3 Å². The van der Waals surface area contributed by atoms with Crippen LogP contribution in [0.1, 0.15) is 6.92 Å². The van der Waals surface area contributed by atoms with E-state index in [9.17, 15) is 9.32 Å². The van der Waals surface area contributed by atoms with Crippen LogP contribution in [-0.2, 0) is 9.74 Å². The highest BCUT2D eigenvalue weighted by Gasteiger charge is 1.96. The van der Waals surface area contributed by atoms with Crippen LogP contribution >= 0.6 is 15.9 Å². The highest BCUT2D eigenvalue weighted by molar-refractivity contribution is 9.09. The molecule has 0 radical (unpaired) electrons. The van der Waals surface area contributed by atoms with E-state index in [1.807, 2.05) is 0 Å². The fourth-order valence-electron chi connectivity index (χ4n) is 0.262. The second-order valence-corrected chi connectivity index (χ2v) is 2.08. The van der Waals surface area contributed by atoms with Crippen LogP contribution in [0.25, 0.3) is 0 Å². The fraction of sp³-hybridized carbons (Fsp3) is 0.400. The molecule has 0 rings (SSSR count). The van der Waals surface area contributed by atoms with Crippen LogP contribution < -0.4 is 0 Å². The molecule has 0 aromatic rings. The number of allylic oxidation sites excluding steroid dienone is 1. The molecule has 0 fully saturated rings. The zero-order chi connectivity index (χ0) is 7.28. The Labute approximate surface area is 60.7 Å². The number of alkyl halides is 1. The number of carbonyl (C=O) groups is 1. The van der Waals surface area contributed by atoms with Crippen LogP contribution in [0.2, 0.25) is 0 Å². The van der Waals surface area contributed by atoms with Gasteiger partial charge < -0.3 is 0 Å². The lowest BCUT2D eigenvalue weighted by molar-refractivity contribution is -0.176. The van der Waals surface area contributed by atoms with Crippen molar-refractivity contribution < 1.29 is 14.3 Å². The molecule has 2 nitrogen and oxygen atoms in total. The Balaban J connectivity index is 3.79. The van der Waals surface area contributed by atoms with Crippen molar-refractivity contribution in [3.8, 4) is 0 Å². The normalized spacial score (nSPS) is 11.2. The second kappa shape index (κ2) is 4.49. The van der Waals surface area contributed by atoms with Gasteiger partial charge in [0.15, 0.2) is 0 Å². The molecule has 0 aromatic heterocycles. The summed E-state index contributed by atoms with van der Waals surface area (Å²) in [7, 11) is 0. The molecule has 0 atom stereocenters. The number of halogens is 2. The highest BCUT2D eigenvalue weighted by Crippen LogP contribution is 1.97. The van der Waals surface area contributed by atoms with Crippen molar-refractivity contribution in [2.75, 3.05) is 5.33 Å². The summed E-state index contributed by atoms with van der Waals surface area (Å²) < 4.78 is 11.0. The summed E-state index contributed by atoms with van der Waals surface area (Å²) in [6.45, 7) is 1.69. The summed E-state index contributed by atoms with van der Waals surface area (Å²) in [4.78, 5) is 13.0. The minimum absolute atomic E-state index is 0.544. The van der Waals surface area contributed by atoms with Crippen molar-refractivity contribution in [3.63, 3.8) is 0 Å². The molecule has 0 aliphatic carbocycles. The van der Waals surface area contributed by atoms with Crippen LogP contribution in [0.4, 0.5) is 4.53 Å². The third kappa shape index (κ3) is 4.14. The van der Waals surface area contributed by atoms with Crippen molar-refractivity contribution in [2.45, 2.75) is 6.92 Å². The first-order valence-electron chi connectivity index (χ1n) is 2.26. The van der Waals surface area contributed by atoms with Gasteiger partial charge in [-0.3, -0.25) is 4.94 Å². The van der Waals surface area contributed by atoms with E-state index >= 15 is 0 Å². The molecule has 0 heterocycles. The fourth-order valence-corrected chi connectivity index (χ4v) is 0.424. The minimum atomic E-state index is -0.966. The van der Waals surface area contributed by atoms with Gasteiger partial charge in [-0.15, -0.1) is 0 Å². The molecular formula is C5H6BrFO2. The third-order valence-corrected chi connectivity index (χ3v) is 1.54. The van der Waals surface area contributed by atoms with Gasteiger partial charge in [-0.1, -0.05) is 21.5 Å². The van der Waals surface area contributed by atoms with E-state index in [1.165, 1.54) is 0 Å². The van der Waals surface area contributed by atoms with Crippen LogP contribution in [0.15, 0.2) is 11.6 Å². The van der Waals surface area contributed by atoms with E-state index in [0.29, 0.717) is 5.33 Å². The van der Waals surface area contributed by atoms with Crippen molar-refractivity contribution in [2.24, 2.45) is 0 Å². The lowest BCUT2D eigenvalue weighted by atomic mass is 10.3. The van der Waals surface area contributed by atoms with E-state index in [1.54, 1.807) is 6.92 Å². The molecule has 4 heteroatoms. The van der Waals surface area contributed by atoms with Crippen molar-refractivity contribution in [3.05, 3.63) is 11.6 Å². The van der Waals surface area contributed by atoms with Crippen LogP contribution in [0.5, 0.6) is 0 Å². The molecule has 0 aliphatic heterocycles. The Morgan fingerprint density at radius 3 is 2.78 bits per heavy atom. The Morgan fingerprint density at radius 2 is 2.44 bits per heavy atom. The summed E-state index contributed by atoms with van der Waals surface area (Å²) in [5.41, 5.74) is 0.720. The van der Waals surface area contributed by atoms with E-state index in [0.717, 1.165) is 11.6 Å². The number of hydrogen-bond acceptors (Lipinski definition) is 2. The predicted molar refractivity (Wildman–Crippen MR) is 34.8 cm³/mol. The summed E-state index contributed by atoms with van der Waals surface area (Å²) >= 11 is 3.07. The standard InChI is InChI=1S/C5H6BrFO2/c1-4(3-6)2-5(8)9-7/h2H,3H2,1H3/b4-2+. The molecule has 52 valence electrons. The van der Waals surface area contributed by atoms with Gasteiger partial charge in [0.1, 0.15) is 0 Å². The SMILES string of the molecule is C/C(=C\C(=O)OF)CBr. The van der Waals surface area contributed by atoms with E-state index in [2.05, 4.69) is 20.9 Å². The maximum Gasteiger partial charge on any atom is 0.372 e. The number of carbonyl (C=O) groups excluding carboxylic acids is 1. The average molecular weight is 197 g/mol. The number of hydrogen-bond donors (Lipinski definition) is 0. The zero-order valence-corrected chi connectivity index (χ0v) is 6.44. The predicted octanol–water partition coefficient (Wildman–Crippen LogP) is 1.76. The van der Waals surface area contributed by atoms with Gasteiger partial charge in [-0.25, -0.2) is 4.79 Å². The Hall–Kier alpha value is -0.380. The summed E-state index contributed by atoms with van der Waals surface area (Å²) in [6.07, 6.45) is 1.08. The van der Waals surface area contributed by atoms with E-state index in [-0.39, 0.29) is 0 Å². The van der Waals surface area contributed by atoms with Crippen molar-refractivity contribution in [1.29, 1.82) is 0 Å². The third-order valence-electron chi connectivity index (χ3n) is 0.651. The molecule has 0 spiro atoms. The molecule has 0 bridgehead atoms. The van der Waals surface area contributed by atoms with Crippen LogP contribution in [0, 0.1) is 0 Å². The monoisotopic (exact) mass is 196 g/mol. The van der Waals surface area contributed by atoms with Crippen molar-refractivity contribution in [1.82, 2.24) is 0 Å². The Morgan fingerprint density at radius 1 is 1.89 bits per heavy atom. The van der Waals surface area contributed by atoms with Gasteiger partial charge in [-0.05, 0) is 6.92 Å². The second-order valence-electron chi connectivity index (χ2n) is 1.52. The molecule has 0 saturated heterocycles. The quantitative estimate of drug-likeness (QED) is 0.497. The summed E-state index contributed by atoms with van der Waals surface area (Å²) in [5.74, 6) is -0.966. The molecule has 0 N–H and O–H groups in total. The van der Waals surface area contributed by atoms with Gasteiger partial charge in [0.25, 0.3) is 0 Å². The zero-order valence-electron chi connectivity index (χ0n) is 4.86. The molecule has 0 amide bonds. The molecule has 0 saturated carbocycles. The molecule has 0 aromatic carbocycles. The van der Waals surface area contributed by atoms with Gasteiger partial charge >= 0.3 is 5.97 Å². The first kappa shape index (κ1) is 8.62. The first-order chi connectivity index (χ1) is 4.20. The lowest BCUT2D eigenvalue weighted by Gasteiger charge is -1.88. The van der Waals surface area contributed by atoms with Gasteiger partial charge in [-0.2, -0.15) is 0 Å². The largest absolute Gasteiger partial charge is 0.372 e. The topological polar surface area (TPSA) is 26.3 Å². The van der Waals surface area contributed by atoms with E-state index < -0.39 is 5.97 Å². The van der Waals surface area contributed by atoms with Gasteiger partial charge in [0, 0.05) is 15.9 Å². The van der Waals surface area contributed by atoms with Crippen molar-refractivity contribution >= 4 is 21.9 Å². The Bertz CT molecular complexity index is 133. The smallest absolute Gasteiger partial charge is 0.250 e. The minimum Gasteiger partial charge on any atom is -0.250 e. The maximum atomic E-state index is 11.0. The molecule has 0 aliphatic rings. The van der Waals surface area contributed by atoms with Crippen LogP contribution in [0.3, 0.4) is 0 Å². The van der Waals surface area contributed by atoms with Gasteiger partial charge in [0.2, 0.25) is 0 Å². The summed E-state index contributed by atoms with van der Waals surface area (Å²) in [5, 5.41) is 0.544. The molecule has 0 unspecified atom stereocenters. The average Bonchev–Trinajstić information content (AvgIpc) is 1.87. The summed E-state index contributed by atoms with van der Waals surface area (Å²) in [6, 6.07) is 0. The first-order valence-corrected chi connectivity index (χ1v) is 3.38. The molecule has 9 heavy (non-hydrogen) atoms. The Kier molecular flexibility index (Phi) is 4.30. The van der Waals surface area contributed by atoms with Gasteiger partial charge in [0.05, 0.1) is 0 Å². The lowest BCUT2D eigenvalue weighted by Crippen LogP contribution is -1.92. The maximum absolute atomic E-state index is 11.0. The number of rotatable bonds is 2. The molecular weight excluding hydrogens is 191 g/mol. The highest BCUT2D eigenvalue weighted by atomic mass is 79.9. The van der Waals surface area contributed by atoms with E-state index in [4.69, 9.17) is 0 Å².